The van der Waals surface area contributed by atoms with Gasteiger partial charge in [-0.15, -0.1) is 24.0 Å². The van der Waals surface area contributed by atoms with Crippen molar-refractivity contribution in [2.75, 3.05) is 40.4 Å². The number of halogens is 1. The van der Waals surface area contributed by atoms with Crippen molar-refractivity contribution in [3.63, 3.8) is 0 Å². The molecule has 0 unspecified atom stereocenters. The van der Waals surface area contributed by atoms with Crippen molar-refractivity contribution >= 4 is 35.8 Å². The summed E-state index contributed by atoms with van der Waals surface area (Å²) in [6.07, 6.45) is 0.815. The first kappa shape index (κ1) is 23.6. The summed E-state index contributed by atoms with van der Waals surface area (Å²) in [6.45, 7) is 7.16. The molecule has 0 aliphatic rings. The molecule has 0 aliphatic carbocycles. The molecule has 0 aliphatic heterocycles. The van der Waals surface area contributed by atoms with Gasteiger partial charge in [-0.2, -0.15) is 0 Å². The van der Waals surface area contributed by atoms with Crippen LogP contribution in [-0.2, 0) is 11.2 Å². The molecule has 1 amide bonds. The number of ether oxygens (including phenoxy) is 1. The third-order valence-electron chi connectivity index (χ3n) is 3.34. The predicted octanol–water partition coefficient (Wildman–Crippen LogP) is 2.04. The quantitative estimate of drug-likeness (QED) is 0.227. The van der Waals surface area contributed by atoms with E-state index in [2.05, 4.69) is 34.8 Å². The number of benzene rings is 1. The van der Waals surface area contributed by atoms with Gasteiger partial charge >= 0.3 is 0 Å². The van der Waals surface area contributed by atoms with E-state index in [0.717, 1.165) is 37.6 Å². The minimum Gasteiger partial charge on any atom is -0.379 e. The second-order valence-corrected chi connectivity index (χ2v) is 5.92. The summed E-state index contributed by atoms with van der Waals surface area (Å²) in [7, 11) is 3.38. The fourth-order valence-electron chi connectivity index (χ4n) is 2.12. The largest absolute Gasteiger partial charge is 0.379 e. The van der Waals surface area contributed by atoms with Crippen molar-refractivity contribution in [2.45, 2.75) is 20.3 Å². The van der Waals surface area contributed by atoms with E-state index in [1.165, 1.54) is 0 Å². The van der Waals surface area contributed by atoms with Gasteiger partial charge in [0.05, 0.1) is 6.61 Å². The molecule has 0 fully saturated rings. The van der Waals surface area contributed by atoms with Crippen molar-refractivity contribution in [3.05, 3.63) is 35.4 Å². The lowest BCUT2D eigenvalue weighted by Gasteiger charge is -2.13. The average molecular weight is 462 g/mol. The standard InChI is InChI=1S/C18H30N4O2.HI/c1-14(2)13-24-11-10-22-18(20-4)21-9-8-15-6-5-7-16(12-15)17(23)19-3;/h5-7,12,14H,8-11,13H2,1-4H3,(H,19,23)(H2,20,21,22);1H. The summed E-state index contributed by atoms with van der Waals surface area (Å²) in [6, 6.07) is 7.65. The second kappa shape index (κ2) is 13.9. The van der Waals surface area contributed by atoms with Gasteiger partial charge in [-0.1, -0.05) is 26.0 Å². The number of carbonyl (C=O) groups excluding carboxylic acids is 1. The molecule has 1 aromatic carbocycles. The predicted molar refractivity (Wildman–Crippen MR) is 114 cm³/mol. The Bertz CT molecular complexity index is 536. The van der Waals surface area contributed by atoms with Crippen LogP contribution in [0.4, 0.5) is 0 Å². The SMILES string of the molecule is CN=C(NCCOCC(C)C)NCCc1cccc(C(=O)NC)c1.I. The molecule has 7 heteroatoms. The van der Waals surface area contributed by atoms with E-state index in [1.54, 1.807) is 14.1 Å². The van der Waals surface area contributed by atoms with Crippen LogP contribution in [0.5, 0.6) is 0 Å². The highest BCUT2D eigenvalue weighted by atomic mass is 127. The fraction of sp³-hybridized carbons (Fsp3) is 0.556. The first-order chi connectivity index (χ1) is 11.6. The fourth-order valence-corrected chi connectivity index (χ4v) is 2.12. The normalized spacial score (nSPS) is 11.0. The lowest BCUT2D eigenvalue weighted by Crippen LogP contribution is -2.39. The number of rotatable bonds is 9. The summed E-state index contributed by atoms with van der Waals surface area (Å²) in [4.78, 5) is 15.8. The Morgan fingerprint density at radius 1 is 1.24 bits per heavy atom. The molecule has 0 spiro atoms. The molecule has 0 heterocycles. The van der Waals surface area contributed by atoms with Crippen LogP contribution < -0.4 is 16.0 Å². The van der Waals surface area contributed by atoms with Gasteiger partial charge in [0, 0.05) is 39.4 Å². The number of hydrogen-bond acceptors (Lipinski definition) is 3. The van der Waals surface area contributed by atoms with Gasteiger partial charge in [-0.3, -0.25) is 9.79 Å². The second-order valence-electron chi connectivity index (χ2n) is 5.92. The van der Waals surface area contributed by atoms with Crippen LogP contribution in [0.2, 0.25) is 0 Å². The molecule has 0 radical (unpaired) electrons. The molecule has 0 bridgehead atoms. The molecule has 0 saturated carbocycles. The number of hydrogen-bond donors (Lipinski definition) is 3. The number of nitrogens with zero attached hydrogens (tertiary/aromatic N) is 1. The highest BCUT2D eigenvalue weighted by Crippen LogP contribution is 2.05. The molecule has 0 atom stereocenters. The summed E-state index contributed by atoms with van der Waals surface area (Å²) < 4.78 is 5.53. The molecular formula is C18H31IN4O2. The molecule has 0 aromatic heterocycles. The lowest BCUT2D eigenvalue weighted by atomic mass is 10.1. The van der Waals surface area contributed by atoms with Crippen LogP contribution in [0.1, 0.15) is 29.8 Å². The molecule has 3 N–H and O–H groups in total. The number of guanidine groups is 1. The molecule has 1 rings (SSSR count). The van der Waals surface area contributed by atoms with Crippen LogP contribution in [0.15, 0.2) is 29.3 Å². The summed E-state index contributed by atoms with van der Waals surface area (Å²) in [5, 5.41) is 9.12. The van der Waals surface area contributed by atoms with Crippen molar-refractivity contribution in [2.24, 2.45) is 10.9 Å². The van der Waals surface area contributed by atoms with Crippen molar-refractivity contribution in [3.8, 4) is 0 Å². The third-order valence-corrected chi connectivity index (χ3v) is 3.34. The van der Waals surface area contributed by atoms with Crippen LogP contribution in [0, 0.1) is 5.92 Å². The lowest BCUT2D eigenvalue weighted by molar-refractivity contribution is 0.0963. The van der Waals surface area contributed by atoms with Crippen LogP contribution >= 0.6 is 24.0 Å². The highest BCUT2D eigenvalue weighted by Gasteiger charge is 2.04. The maximum Gasteiger partial charge on any atom is 0.251 e. The first-order valence-corrected chi connectivity index (χ1v) is 8.40. The Balaban J connectivity index is 0.00000576. The van der Waals surface area contributed by atoms with Gasteiger partial charge in [-0.25, -0.2) is 0 Å². The number of carbonyl (C=O) groups is 1. The average Bonchev–Trinajstić information content (AvgIpc) is 2.59. The maximum absolute atomic E-state index is 11.6. The van der Waals surface area contributed by atoms with Gasteiger partial charge in [0.1, 0.15) is 0 Å². The zero-order valence-corrected chi connectivity index (χ0v) is 17.9. The van der Waals surface area contributed by atoms with Gasteiger partial charge in [-0.05, 0) is 30.0 Å². The Morgan fingerprint density at radius 3 is 2.60 bits per heavy atom. The van der Waals surface area contributed by atoms with E-state index in [4.69, 9.17) is 4.74 Å². The summed E-state index contributed by atoms with van der Waals surface area (Å²) >= 11 is 0. The van der Waals surface area contributed by atoms with Crippen LogP contribution in [0.3, 0.4) is 0 Å². The highest BCUT2D eigenvalue weighted by molar-refractivity contribution is 14.0. The van der Waals surface area contributed by atoms with E-state index in [1.807, 2.05) is 24.3 Å². The Kier molecular flexibility index (Phi) is 13.1. The summed E-state index contributed by atoms with van der Waals surface area (Å²) in [5.41, 5.74) is 1.79. The van der Waals surface area contributed by atoms with Crippen molar-refractivity contribution in [1.29, 1.82) is 0 Å². The zero-order valence-electron chi connectivity index (χ0n) is 15.6. The van der Waals surface area contributed by atoms with Gasteiger partial charge in [0.25, 0.3) is 5.91 Å². The molecule has 6 nitrogen and oxygen atoms in total. The third kappa shape index (κ3) is 10.3. The van der Waals surface area contributed by atoms with Crippen LogP contribution in [0.25, 0.3) is 0 Å². The van der Waals surface area contributed by atoms with E-state index in [-0.39, 0.29) is 29.9 Å². The minimum absolute atomic E-state index is 0. The smallest absolute Gasteiger partial charge is 0.251 e. The number of aliphatic imine (C=N–C) groups is 1. The zero-order chi connectivity index (χ0) is 17.8. The Hall–Kier alpha value is -1.35. The van der Waals surface area contributed by atoms with Gasteiger partial charge in [0.15, 0.2) is 5.96 Å². The molecule has 0 saturated heterocycles. The van der Waals surface area contributed by atoms with E-state index >= 15 is 0 Å². The minimum atomic E-state index is -0.0660. The van der Waals surface area contributed by atoms with Crippen molar-refractivity contribution in [1.82, 2.24) is 16.0 Å². The maximum atomic E-state index is 11.6. The molecule has 1 aromatic rings. The molecule has 142 valence electrons. The topological polar surface area (TPSA) is 74.8 Å². The van der Waals surface area contributed by atoms with E-state index in [9.17, 15) is 4.79 Å². The Labute approximate surface area is 168 Å². The van der Waals surface area contributed by atoms with Gasteiger partial charge in [0.2, 0.25) is 0 Å². The summed E-state index contributed by atoms with van der Waals surface area (Å²) in [5.74, 6) is 1.24. The monoisotopic (exact) mass is 462 g/mol. The van der Waals surface area contributed by atoms with E-state index < -0.39 is 0 Å². The molecule has 25 heavy (non-hydrogen) atoms. The first-order valence-electron chi connectivity index (χ1n) is 8.40. The van der Waals surface area contributed by atoms with Gasteiger partial charge < -0.3 is 20.7 Å². The number of nitrogens with one attached hydrogen (secondary N) is 3. The van der Waals surface area contributed by atoms with E-state index in [0.29, 0.717) is 18.1 Å². The van der Waals surface area contributed by atoms with Crippen molar-refractivity contribution < 1.29 is 9.53 Å². The Morgan fingerprint density at radius 2 is 1.96 bits per heavy atom. The number of amides is 1. The van der Waals surface area contributed by atoms with Crippen LogP contribution in [-0.4, -0.2) is 52.3 Å². The molecular weight excluding hydrogens is 431 g/mol.